The topological polar surface area (TPSA) is 79.6 Å². The number of benzene rings is 3. The number of aromatic carboxylic acids is 1. The van der Waals surface area contributed by atoms with E-state index in [1.54, 1.807) is 24.5 Å². The molecule has 0 amide bonds. The zero-order chi connectivity index (χ0) is 23.9. The molecule has 5 nitrogen and oxygen atoms in total. The van der Waals surface area contributed by atoms with E-state index in [0.29, 0.717) is 12.8 Å². The fourth-order valence-corrected chi connectivity index (χ4v) is 4.36. The standard InChI is InChI=1S/C29H26N2O3/c1-20-4-2-3-5-27(20)28(19-26(31-34)18-21-14-16-30-17-15-21)24-10-6-22(7-11-24)23-8-12-25(13-9-23)29(32)33/h2-17,26,28H,18-19H2,1H3,(H,32,33). The molecule has 5 heteroatoms. The van der Waals surface area contributed by atoms with Gasteiger partial charge in [-0.05, 0) is 77.4 Å². The third-order valence-corrected chi connectivity index (χ3v) is 6.22. The van der Waals surface area contributed by atoms with Crippen LogP contribution >= 0.6 is 0 Å². The molecule has 34 heavy (non-hydrogen) atoms. The number of hydrogen-bond donors (Lipinski definition) is 1. The summed E-state index contributed by atoms with van der Waals surface area (Å²) < 4.78 is 0. The molecule has 1 heterocycles. The summed E-state index contributed by atoms with van der Waals surface area (Å²) in [7, 11) is 0. The highest BCUT2D eigenvalue weighted by Crippen LogP contribution is 2.34. The van der Waals surface area contributed by atoms with E-state index in [9.17, 15) is 9.70 Å². The smallest absolute Gasteiger partial charge is 0.335 e. The Bertz CT molecular complexity index is 1250. The second-order valence-corrected chi connectivity index (χ2v) is 8.47. The van der Waals surface area contributed by atoms with Crippen LogP contribution in [-0.2, 0) is 6.42 Å². The summed E-state index contributed by atoms with van der Waals surface area (Å²) in [4.78, 5) is 27.0. The molecule has 1 N–H and O–H groups in total. The van der Waals surface area contributed by atoms with Gasteiger partial charge < -0.3 is 5.11 Å². The highest BCUT2D eigenvalue weighted by molar-refractivity contribution is 5.88. The van der Waals surface area contributed by atoms with Crippen LogP contribution in [0.1, 0.15) is 45.0 Å². The molecule has 0 bridgehead atoms. The third-order valence-electron chi connectivity index (χ3n) is 6.22. The van der Waals surface area contributed by atoms with Crippen molar-refractivity contribution in [2.45, 2.75) is 31.7 Å². The zero-order valence-corrected chi connectivity index (χ0v) is 19.0. The lowest BCUT2D eigenvalue weighted by molar-refractivity contribution is 0.0697. The lowest BCUT2D eigenvalue weighted by Gasteiger charge is -2.23. The van der Waals surface area contributed by atoms with E-state index in [0.717, 1.165) is 22.3 Å². The van der Waals surface area contributed by atoms with Gasteiger partial charge in [0.1, 0.15) is 0 Å². The Labute approximate surface area is 199 Å². The molecule has 0 aliphatic carbocycles. The Balaban J connectivity index is 1.63. The Morgan fingerprint density at radius 3 is 2.09 bits per heavy atom. The van der Waals surface area contributed by atoms with E-state index in [1.165, 1.54) is 11.1 Å². The molecular weight excluding hydrogens is 424 g/mol. The van der Waals surface area contributed by atoms with Gasteiger partial charge >= 0.3 is 5.97 Å². The van der Waals surface area contributed by atoms with Gasteiger partial charge in [0, 0.05) is 18.3 Å². The average Bonchev–Trinajstić information content (AvgIpc) is 2.88. The number of aryl methyl sites for hydroxylation is 1. The van der Waals surface area contributed by atoms with Crippen LogP contribution in [0.4, 0.5) is 0 Å². The lowest BCUT2D eigenvalue weighted by Crippen LogP contribution is -2.15. The summed E-state index contributed by atoms with van der Waals surface area (Å²) in [6.45, 7) is 2.09. The van der Waals surface area contributed by atoms with Gasteiger partial charge in [0.05, 0.1) is 11.6 Å². The fraction of sp³-hybridized carbons (Fsp3) is 0.172. The number of carboxylic acid groups (broad SMARTS) is 1. The normalized spacial score (nSPS) is 12.6. The summed E-state index contributed by atoms with van der Waals surface area (Å²) in [5.74, 6) is -0.915. The highest BCUT2D eigenvalue weighted by atomic mass is 16.4. The monoisotopic (exact) mass is 450 g/mol. The van der Waals surface area contributed by atoms with Gasteiger partial charge in [-0.3, -0.25) is 4.98 Å². The maximum absolute atomic E-state index is 11.8. The molecule has 1 aromatic heterocycles. The van der Waals surface area contributed by atoms with Gasteiger partial charge in [-0.1, -0.05) is 65.8 Å². The molecule has 3 aromatic carbocycles. The summed E-state index contributed by atoms with van der Waals surface area (Å²) in [5.41, 5.74) is 6.74. The molecule has 0 radical (unpaired) electrons. The van der Waals surface area contributed by atoms with Crippen molar-refractivity contribution in [3.63, 3.8) is 0 Å². The molecule has 4 rings (SSSR count). The molecule has 0 fully saturated rings. The van der Waals surface area contributed by atoms with Crippen molar-refractivity contribution in [2.24, 2.45) is 5.18 Å². The average molecular weight is 451 g/mol. The van der Waals surface area contributed by atoms with Crippen LogP contribution in [0.2, 0.25) is 0 Å². The maximum Gasteiger partial charge on any atom is 0.335 e. The predicted molar refractivity (Wildman–Crippen MR) is 134 cm³/mol. The van der Waals surface area contributed by atoms with Crippen molar-refractivity contribution in [3.8, 4) is 11.1 Å². The van der Waals surface area contributed by atoms with E-state index in [1.807, 2.05) is 48.5 Å². The van der Waals surface area contributed by atoms with Crippen molar-refractivity contribution in [1.29, 1.82) is 0 Å². The van der Waals surface area contributed by atoms with Gasteiger partial charge in [0.15, 0.2) is 0 Å². The number of pyridine rings is 1. The van der Waals surface area contributed by atoms with Crippen molar-refractivity contribution >= 4 is 5.97 Å². The number of hydrogen-bond acceptors (Lipinski definition) is 4. The Morgan fingerprint density at radius 1 is 0.882 bits per heavy atom. The van der Waals surface area contributed by atoms with Crippen LogP contribution < -0.4 is 0 Å². The van der Waals surface area contributed by atoms with E-state index in [4.69, 9.17) is 5.11 Å². The van der Waals surface area contributed by atoms with Crippen molar-refractivity contribution in [2.75, 3.05) is 0 Å². The summed E-state index contributed by atoms with van der Waals surface area (Å²) in [6.07, 6.45) is 4.64. The Morgan fingerprint density at radius 2 is 1.50 bits per heavy atom. The first-order chi connectivity index (χ1) is 16.5. The first-order valence-corrected chi connectivity index (χ1v) is 11.3. The number of aromatic nitrogens is 1. The van der Waals surface area contributed by atoms with Crippen molar-refractivity contribution in [1.82, 2.24) is 4.98 Å². The lowest BCUT2D eigenvalue weighted by atomic mass is 9.82. The van der Waals surface area contributed by atoms with E-state index in [-0.39, 0.29) is 17.5 Å². The Kier molecular flexibility index (Phi) is 7.23. The molecule has 0 spiro atoms. The minimum atomic E-state index is -0.937. The van der Waals surface area contributed by atoms with Crippen molar-refractivity contribution < 1.29 is 9.90 Å². The molecule has 0 aliphatic heterocycles. The molecule has 0 aliphatic rings. The minimum Gasteiger partial charge on any atom is -0.478 e. The molecule has 4 aromatic rings. The van der Waals surface area contributed by atoms with Crippen LogP contribution in [0, 0.1) is 11.8 Å². The van der Waals surface area contributed by atoms with Gasteiger partial charge in [-0.15, -0.1) is 0 Å². The zero-order valence-electron chi connectivity index (χ0n) is 19.0. The maximum atomic E-state index is 11.8. The Hall–Kier alpha value is -4.12. The largest absolute Gasteiger partial charge is 0.478 e. The second kappa shape index (κ2) is 10.7. The van der Waals surface area contributed by atoms with Crippen LogP contribution in [-0.4, -0.2) is 22.1 Å². The van der Waals surface area contributed by atoms with Crippen LogP contribution in [0.25, 0.3) is 11.1 Å². The fourth-order valence-electron chi connectivity index (χ4n) is 4.36. The summed E-state index contributed by atoms with van der Waals surface area (Å²) >= 11 is 0. The molecule has 0 saturated carbocycles. The van der Waals surface area contributed by atoms with Crippen LogP contribution in [0.15, 0.2) is 102 Å². The molecular formula is C29H26N2O3. The summed E-state index contributed by atoms with van der Waals surface area (Å²) in [5, 5.41) is 12.6. The minimum absolute atomic E-state index is 0.0224. The van der Waals surface area contributed by atoms with E-state index < -0.39 is 5.97 Å². The molecule has 0 saturated heterocycles. The number of carboxylic acids is 1. The third kappa shape index (κ3) is 5.44. The van der Waals surface area contributed by atoms with Gasteiger partial charge in [-0.2, -0.15) is 4.91 Å². The van der Waals surface area contributed by atoms with Gasteiger partial charge in [0.2, 0.25) is 0 Å². The van der Waals surface area contributed by atoms with E-state index >= 15 is 0 Å². The van der Waals surface area contributed by atoms with E-state index in [2.05, 4.69) is 41.4 Å². The van der Waals surface area contributed by atoms with Crippen molar-refractivity contribution in [3.05, 3.63) is 130 Å². The molecule has 2 atom stereocenters. The summed E-state index contributed by atoms with van der Waals surface area (Å²) in [6, 6.07) is 26.9. The quantitative estimate of drug-likeness (QED) is 0.289. The van der Waals surface area contributed by atoms with Gasteiger partial charge in [0.25, 0.3) is 0 Å². The van der Waals surface area contributed by atoms with Crippen LogP contribution in [0.5, 0.6) is 0 Å². The number of nitrogens with zero attached hydrogens (tertiary/aromatic N) is 2. The first kappa shape index (κ1) is 23.1. The van der Waals surface area contributed by atoms with Crippen LogP contribution in [0.3, 0.4) is 0 Å². The first-order valence-electron chi connectivity index (χ1n) is 11.3. The SMILES string of the molecule is Cc1ccccc1C(CC(Cc1ccncc1)N=O)c1ccc(-c2ccc(C(=O)O)cc2)cc1. The predicted octanol–water partition coefficient (Wildman–Crippen LogP) is 6.65. The van der Waals surface area contributed by atoms with Gasteiger partial charge in [-0.25, -0.2) is 4.79 Å². The second-order valence-electron chi connectivity index (χ2n) is 8.47. The molecule has 2 unspecified atom stereocenters. The molecule has 170 valence electrons. The number of carbonyl (C=O) groups is 1. The highest BCUT2D eigenvalue weighted by Gasteiger charge is 2.22. The number of rotatable bonds is 9. The number of nitroso groups, excluding NO2 is 1.